The van der Waals surface area contributed by atoms with Gasteiger partial charge in [-0.25, -0.2) is 0 Å². The maximum Gasteiger partial charge on any atom is 0.323 e. The summed E-state index contributed by atoms with van der Waals surface area (Å²) in [7, 11) is 0. The molecule has 0 heterocycles. The molecule has 1 aromatic rings. The van der Waals surface area contributed by atoms with Gasteiger partial charge >= 0.3 is 11.9 Å². The number of nitrogens with two attached hydrogens (primary N) is 1. The lowest BCUT2D eigenvalue weighted by molar-refractivity contribution is -0.172. The number of carbonyl (C=O) groups excluding carboxylic acids is 2. The molecule has 4 N–H and O–H groups in total. The quantitative estimate of drug-likeness (QED) is 0.476. The zero-order chi connectivity index (χ0) is 20.1. The summed E-state index contributed by atoms with van der Waals surface area (Å²) in [6.07, 6.45) is -0.492. The Morgan fingerprint density at radius 3 is 2.23 bits per heavy atom. The minimum absolute atomic E-state index is 0.135. The van der Waals surface area contributed by atoms with Crippen LogP contribution in [-0.4, -0.2) is 40.4 Å². The molecule has 0 aliphatic rings. The number of ether oxygens (including phenoxy) is 2. The molecule has 1 aromatic carbocycles. The van der Waals surface area contributed by atoms with Crippen LogP contribution in [0.15, 0.2) is 18.2 Å². The van der Waals surface area contributed by atoms with Crippen LogP contribution in [0.2, 0.25) is 0 Å². The molecule has 0 aliphatic heterocycles. The number of carbonyl (C=O) groups is 2. The van der Waals surface area contributed by atoms with E-state index in [0.717, 1.165) is 0 Å². The molecule has 0 bridgehead atoms. The molecule has 0 aromatic heterocycles. The Morgan fingerprint density at radius 2 is 1.69 bits per heavy atom. The fourth-order valence-corrected chi connectivity index (χ4v) is 1.97. The first kappa shape index (κ1) is 21.8. The monoisotopic (exact) mass is 367 g/mol. The maximum absolute atomic E-state index is 12.2. The first-order valence-electron chi connectivity index (χ1n) is 8.66. The number of hydrogen-bond donors (Lipinski definition) is 3. The van der Waals surface area contributed by atoms with Crippen molar-refractivity contribution < 1.29 is 29.3 Å². The predicted molar refractivity (Wildman–Crippen MR) is 96.6 cm³/mol. The number of benzene rings is 1. The molecule has 0 radical (unpaired) electrons. The van der Waals surface area contributed by atoms with Crippen LogP contribution in [0.4, 0.5) is 0 Å². The van der Waals surface area contributed by atoms with E-state index in [1.807, 2.05) is 6.92 Å². The Hall–Kier alpha value is -2.28. The Morgan fingerprint density at radius 1 is 1.12 bits per heavy atom. The van der Waals surface area contributed by atoms with Crippen molar-refractivity contribution in [3.63, 3.8) is 0 Å². The molecular weight excluding hydrogens is 338 g/mol. The summed E-state index contributed by atoms with van der Waals surface area (Å²) in [5.74, 6) is -1.51. The summed E-state index contributed by atoms with van der Waals surface area (Å²) < 4.78 is 10.7. The van der Waals surface area contributed by atoms with E-state index in [4.69, 9.17) is 15.2 Å². The van der Waals surface area contributed by atoms with Gasteiger partial charge in [-0.1, -0.05) is 13.0 Å². The summed E-state index contributed by atoms with van der Waals surface area (Å²) in [5, 5.41) is 18.8. The van der Waals surface area contributed by atoms with Crippen molar-refractivity contribution in [3.05, 3.63) is 23.8 Å². The van der Waals surface area contributed by atoms with Gasteiger partial charge in [0.2, 0.25) is 0 Å². The van der Waals surface area contributed by atoms with Crippen molar-refractivity contribution in [2.75, 3.05) is 0 Å². The van der Waals surface area contributed by atoms with Gasteiger partial charge in [0.15, 0.2) is 11.5 Å². The highest BCUT2D eigenvalue weighted by atomic mass is 16.6. The van der Waals surface area contributed by atoms with Gasteiger partial charge in [0.25, 0.3) is 0 Å². The van der Waals surface area contributed by atoms with Crippen molar-refractivity contribution in [2.24, 2.45) is 11.1 Å². The Balaban J connectivity index is 2.59. The van der Waals surface area contributed by atoms with E-state index < -0.39 is 29.6 Å². The maximum atomic E-state index is 12.2. The highest BCUT2D eigenvalue weighted by molar-refractivity contribution is 5.77. The van der Waals surface area contributed by atoms with E-state index in [1.165, 1.54) is 12.1 Å². The second-order valence-electron chi connectivity index (χ2n) is 7.12. The molecule has 26 heavy (non-hydrogen) atoms. The van der Waals surface area contributed by atoms with Crippen LogP contribution >= 0.6 is 0 Å². The zero-order valence-corrected chi connectivity index (χ0v) is 16.0. The van der Waals surface area contributed by atoms with Gasteiger partial charge < -0.3 is 25.4 Å². The minimum atomic E-state index is -0.948. The number of esters is 2. The van der Waals surface area contributed by atoms with E-state index in [-0.39, 0.29) is 23.9 Å². The van der Waals surface area contributed by atoms with Gasteiger partial charge in [-0.2, -0.15) is 0 Å². The summed E-state index contributed by atoms with van der Waals surface area (Å²) >= 11 is 0. The molecule has 1 rings (SSSR count). The average molecular weight is 367 g/mol. The van der Waals surface area contributed by atoms with Gasteiger partial charge in [-0.05, 0) is 58.2 Å². The lowest BCUT2D eigenvalue weighted by atomic mass is 9.90. The van der Waals surface area contributed by atoms with Crippen LogP contribution in [0.3, 0.4) is 0 Å². The van der Waals surface area contributed by atoms with E-state index in [1.54, 1.807) is 33.8 Å². The lowest BCUT2D eigenvalue weighted by Gasteiger charge is -2.27. The van der Waals surface area contributed by atoms with Crippen LogP contribution in [0.5, 0.6) is 11.5 Å². The first-order valence-corrected chi connectivity index (χ1v) is 8.66. The van der Waals surface area contributed by atoms with Crippen LogP contribution in [0.25, 0.3) is 0 Å². The van der Waals surface area contributed by atoms with Crippen molar-refractivity contribution in [3.8, 4) is 11.5 Å². The fourth-order valence-electron chi connectivity index (χ4n) is 1.97. The zero-order valence-electron chi connectivity index (χ0n) is 16.0. The summed E-state index contributed by atoms with van der Waals surface area (Å²) in [4.78, 5) is 24.3. The predicted octanol–water partition coefficient (Wildman–Crippen LogP) is 2.27. The minimum Gasteiger partial charge on any atom is -0.504 e. The van der Waals surface area contributed by atoms with Crippen molar-refractivity contribution in [1.82, 2.24) is 0 Å². The van der Waals surface area contributed by atoms with Gasteiger partial charge in [-0.3, -0.25) is 9.59 Å². The highest BCUT2D eigenvalue weighted by Gasteiger charge is 2.31. The summed E-state index contributed by atoms with van der Waals surface area (Å²) in [6, 6.07) is 3.27. The lowest BCUT2D eigenvalue weighted by Crippen LogP contribution is -2.40. The number of rotatable bonds is 8. The summed E-state index contributed by atoms with van der Waals surface area (Å²) in [5.41, 5.74) is 5.83. The van der Waals surface area contributed by atoms with Gasteiger partial charge in [-0.15, -0.1) is 0 Å². The molecule has 0 fully saturated rings. The number of hydrogen-bond acceptors (Lipinski definition) is 7. The van der Waals surface area contributed by atoms with Crippen molar-refractivity contribution in [2.45, 2.75) is 65.7 Å². The molecule has 0 amide bonds. The van der Waals surface area contributed by atoms with Crippen LogP contribution in [0.1, 0.15) is 46.6 Å². The number of phenolic OH excluding ortho intramolecular Hbond substituents is 2. The largest absolute Gasteiger partial charge is 0.504 e. The molecule has 0 aliphatic carbocycles. The molecule has 0 saturated carbocycles. The molecule has 0 saturated heterocycles. The van der Waals surface area contributed by atoms with E-state index in [2.05, 4.69) is 0 Å². The fraction of sp³-hybridized carbons (Fsp3) is 0.579. The molecule has 1 unspecified atom stereocenters. The molecule has 146 valence electrons. The van der Waals surface area contributed by atoms with E-state index in [0.29, 0.717) is 12.0 Å². The Kier molecular flexibility index (Phi) is 7.44. The van der Waals surface area contributed by atoms with Crippen LogP contribution < -0.4 is 5.73 Å². The van der Waals surface area contributed by atoms with Crippen LogP contribution in [-0.2, 0) is 25.5 Å². The third kappa shape index (κ3) is 5.91. The van der Waals surface area contributed by atoms with Crippen LogP contribution in [0, 0.1) is 5.41 Å². The number of phenols is 2. The Labute approximate surface area is 154 Å². The highest BCUT2D eigenvalue weighted by Crippen LogP contribution is 2.25. The third-order valence-corrected chi connectivity index (χ3v) is 4.49. The SMILES string of the molecule is CCC(C)(C)C(=O)OC(C)[C@@H](C)OC(=O)[C@@H](N)Cc1ccc(O)c(O)c1. The van der Waals surface area contributed by atoms with E-state index in [9.17, 15) is 19.8 Å². The first-order chi connectivity index (χ1) is 12.0. The Bertz CT molecular complexity index is 643. The molecule has 3 atom stereocenters. The average Bonchev–Trinajstić information content (AvgIpc) is 2.57. The van der Waals surface area contributed by atoms with Gasteiger partial charge in [0.1, 0.15) is 18.2 Å². The van der Waals surface area contributed by atoms with Crippen molar-refractivity contribution >= 4 is 11.9 Å². The molecular formula is C19H29NO6. The molecule has 7 nitrogen and oxygen atoms in total. The normalized spacial score (nSPS) is 15.0. The smallest absolute Gasteiger partial charge is 0.323 e. The number of aromatic hydroxyl groups is 2. The second kappa shape index (κ2) is 8.89. The van der Waals surface area contributed by atoms with E-state index >= 15 is 0 Å². The third-order valence-electron chi connectivity index (χ3n) is 4.49. The standard InChI is InChI=1S/C19H29NO6/c1-6-19(4,5)18(24)26-12(3)11(2)25-17(23)14(20)9-13-7-8-15(21)16(22)10-13/h7-8,10-12,14,21-22H,6,9,20H2,1-5H3/t11-,12?,14+/m1/s1. The summed E-state index contributed by atoms with van der Waals surface area (Å²) in [6.45, 7) is 8.78. The topological polar surface area (TPSA) is 119 Å². The van der Waals surface area contributed by atoms with Gasteiger partial charge in [0.05, 0.1) is 5.41 Å². The molecule has 0 spiro atoms. The second-order valence-corrected chi connectivity index (χ2v) is 7.12. The van der Waals surface area contributed by atoms with Crippen molar-refractivity contribution in [1.29, 1.82) is 0 Å². The van der Waals surface area contributed by atoms with Gasteiger partial charge in [0, 0.05) is 0 Å². The molecule has 7 heteroatoms.